The van der Waals surface area contributed by atoms with Crippen molar-refractivity contribution >= 4 is 10.9 Å². The summed E-state index contributed by atoms with van der Waals surface area (Å²) in [5.74, 6) is 0. The first-order chi connectivity index (χ1) is 9.11. The Balaban J connectivity index is 2.43. The van der Waals surface area contributed by atoms with Gasteiger partial charge in [0.1, 0.15) is 0 Å². The van der Waals surface area contributed by atoms with E-state index in [0.29, 0.717) is 10.9 Å². The highest BCUT2D eigenvalue weighted by atomic mass is 16.2. The van der Waals surface area contributed by atoms with Crippen molar-refractivity contribution in [2.75, 3.05) is 6.54 Å². The Morgan fingerprint density at radius 1 is 1.32 bits per heavy atom. The Labute approximate surface area is 110 Å². The van der Waals surface area contributed by atoms with Gasteiger partial charge in [0.2, 0.25) is 0 Å². The van der Waals surface area contributed by atoms with Crippen LogP contribution in [-0.2, 0) is 7.05 Å². The molecule has 1 aliphatic heterocycles. The lowest BCUT2D eigenvalue weighted by atomic mass is 10.1. The zero-order valence-electron chi connectivity index (χ0n) is 11.1. The Bertz CT molecular complexity index is 752. The van der Waals surface area contributed by atoms with E-state index in [1.54, 1.807) is 11.6 Å². The molecule has 19 heavy (non-hydrogen) atoms. The van der Waals surface area contributed by atoms with Crippen molar-refractivity contribution in [3.05, 3.63) is 44.6 Å². The molecule has 5 heteroatoms. The average Bonchev–Trinajstić information content (AvgIpc) is 2.90. The van der Waals surface area contributed by atoms with Gasteiger partial charge in [-0.25, -0.2) is 9.36 Å². The van der Waals surface area contributed by atoms with E-state index in [0.717, 1.165) is 24.9 Å². The summed E-state index contributed by atoms with van der Waals surface area (Å²) < 4.78 is 2.92. The van der Waals surface area contributed by atoms with Gasteiger partial charge in [-0.05, 0) is 37.9 Å². The smallest absolute Gasteiger partial charge is 0.297 e. The number of nitrogens with zero attached hydrogens (tertiary/aromatic N) is 2. The van der Waals surface area contributed by atoms with Gasteiger partial charge in [-0.3, -0.25) is 14.7 Å². The highest BCUT2D eigenvalue weighted by molar-refractivity contribution is 5.81. The molecule has 2 aromatic rings. The summed E-state index contributed by atoms with van der Waals surface area (Å²) >= 11 is 0. The first-order valence-electron chi connectivity index (χ1n) is 6.55. The molecule has 3 rings (SSSR count). The van der Waals surface area contributed by atoms with Crippen LogP contribution in [0.1, 0.15) is 24.6 Å². The lowest BCUT2D eigenvalue weighted by Gasteiger charge is -2.16. The van der Waals surface area contributed by atoms with E-state index < -0.39 is 0 Å². The van der Waals surface area contributed by atoms with Gasteiger partial charge in [-0.1, -0.05) is 12.1 Å². The fraction of sp³-hybridized carbons (Fsp3) is 0.429. The van der Waals surface area contributed by atoms with Gasteiger partial charge in [0.15, 0.2) is 0 Å². The van der Waals surface area contributed by atoms with Crippen LogP contribution < -0.4 is 16.6 Å². The number of aryl methyl sites for hydroxylation is 2. The minimum Gasteiger partial charge on any atom is -0.297 e. The highest BCUT2D eigenvalue weighted by Crippen LogP contribution is 2.16. The lowest BCUT2D eigenvalue weighted by molar-refractivity contribution is 0.430. The number of rotatable bonds is 1. The maximum Gasteiger partial charge on any atom is 0.332 e. The maximum absolute atomic E-state index is 12.6. The van der Waals surface area contributed by atoms with Crippen molar-refractivity contribution in [1.82, 2.24) is 14.5 Å². The van der Waals surface area contributed by atoms with Crippen molar-refractivity contribution in [3.63, 3.8) is 0 Å². The predicted octanol–water partition coefficient (Wildman–Crippen LogP) is 0.891. The summed E-state index contributed by atoms with van der Waals surface area (Å²) in [6.45, 7) is 2.76. The molecule has 0 amide bonds. The fourth-order valence-electron chi connectivity index (χ4n) is 2.84. The normalized spacial score (nSPS) is 19.2. The minimum atomic E-state index is -0.248. The maximum atomic E-state index is 12.6. The number of fused-ring (bicyclic) bond motifs is 1. The number of hydrogen-bond acceptors (Lipinski definition) is 3. The van der Waals surface area contributed by atoms with Crippen LogP contribution in [-0.4, -0.2) is 15.7 Å². The summed E-state index contributed by atoms with van der Waals surface area (Å²) in [4.78, 5) is 25.0. The summed E-state index contributed by atoms with van der Waals surface area (Å²) in [6, 6.07) is 5.59. The summed E-state index contributed by atoms with van der Waals surface area (Å²) in [5.41, 5.74) is 1.17. The van der Waals surface area contributed by atoms with Crippen LogP contribution in [0.25, 0.3) is 10.9 Å². The third-order valence-corrected chi connectivity index (χ3v) is 3.88. The van der Waals surface area contributed by atoms with Crippen LogP contribution in [0.4, 0.5) is 0 Å². The molecular weight excluding hydrogens is 242 g/mol. The molecule has 1 unspecified atom stereocenters. The molecule has 5 nitrogen and oxygen atoms in total. The molecule has 1 aromatic carbocycles. The standard InChI is InChI=1S/C14H17N3O2/c1-9-5-3-6-10-12(9)13(18)17(14(19)16(10)2)11-7-4-8-15-11/h3,5-6,11,15H,4,7-8H2,1-2H3. The molecular formula is C14H17N3O2. The van der Waals surface area contributed by atoms with Crippen LogP contribution in [0.3, 0.4) is 0 Å². The van der Waals surface area contributed by atoms with E-state index in [1.807, 2.05) is 25.1 Å². The van der Waals surface area contributed by atoms with Crippen LogP contribution in [0, 0.1) is 6.92 Å². The molecule has 0 saturated carbocycles. The van der Waals surface area contributed by atoms with E-state index >= 15 is 0 Å². The average molecular weight is 259 g/mol. The van der Waals surface area contributed by atoms with E-state index in [1.165, 1.54) is 4.57 Å². The molecule has 100 valence electrons. The second kappa shape index (κ2) is 4.35. The highest BCUT2D eigenvalue weighted by Gasteiger charge is 2.22. The van der Waals surface area contributed by atoms with Crippen molar-refractivity contribution in [2.24, 2.45) is 7.05 Å². The third-order valence-electron chi connectivity index (χ3n) is 3.88. The largest absolute Gasteiger partial charge is 0.332 e. The van der Waals surface area contributed by atoms with Crippen molar-refractivity contribution in [3.8, 4) is 0 Å². The van der Waals surface area contributed by atoms with Gasteiger partial charge in [0.05, 0.1) is 17.1 Å². The first-order valence-corrected chi connectivity index (χ1v) is 6.55. The molecule has 0 spiro atoms. The molecule has 1 saturated heterocycles. The van der Waals surface area contributed by atoms with Gasteiger partial charge >= 0.3 is 5.69 Å². The second-order valence-electron chi connectivity index (χ2n) is 5.10. The number of aromatic nitrogens is 2. The van der Waals surface area contributed by atoms with Crippen LogP contribution in [0.15, 0.2) is 27.8 Å². The lowest BCUT2D eigenvalue weighted by Crippen LogP contribution is -2.44. The third kappa shape index (κ3) is 1.73. The van der Waals surface area contributed by atoms with E-state index in [4.69, 9.17) is 0 Å². The zero-order valence-corrected chi connectivity index (χ0v) is 11.1. The molecule has 1 aromatic heterocycles. The summed E-state index contributed by atoms with van der Waals surface area (Å²) in [5, 5.41) is 3.85. The number of benzene rings is 1. The summed E-state index contributed by atoms with van der Waals surface area (Å²) in [6.07, 6.45) is 1.65. The van der Waals surface area contributed by atoms with Crippen LogP contribution in [0.5, 0.6) is 0 Å². The first kappa shape index (κ1) is 12.2. The molecule has 0 aliphatic carbocycles. The van der Waals surface area contributed by atoms with E-state index in [2.05, 4.69) is 5.32 Å². The Morgan fingerprint density at radius 3 is 2.79 bits per heavy atom. The van der Waals surface area contributed by atoms with Crippen molar-refractivity contribution < 1.29 is 0 Å². The summed E-state index contributed by atoms with van der Waals surface area (Å²) in [7, 11) is 1.72. The van der Waals surface area contributed by atoms with Crippen LogP contribution >= 0.6 is 0 Å². The molecule has 2 heterocycles. The van der Waals surface area contributed by atoms with Crippen molar-refractivity contribution in [1.29, 1.82) is 0 Å². The Kier molecular flexibility index (Phi) is 2.78. The molecule has 0 radical (unpaired) electrons. The van der Waals surface area contributed by atoms with E-state index in [9.17, 15) is 9.59 Å². The fourth-order valence-corrected chi connectivity index (χ4v) is 2.84. The molecule has 1 N–H and O–H groups in total. The Hall–Kier alpha value is -1.88. The number of nitrogens with one attached hydrogen (secondary N) is 1. The molecule has 1 fully saturated rings. The van der Waals surface area contributed by atoms with Gasteiger partial charge < -0.3 is 0 Å². The Morgan fingerprint density at radius 2 is 2.11 bits per heavy atom. The molecule has 0 bridgehead atoms. The van der Waals surface area contributed by atoms with Crippen molar-refractivity contribution in [2.45, 2.75) is 25.9 Å². The van der Waals surface area contributed by atoms with Crippen LogP contribution in [0.2, 0.25) is 0 Å². The SMILES string of the molecule is Cc1cccc2c1c(=O)n(C1CCCN1)c(=O)n2C. The monoisotopic (exact) mass is 259 g/mol. The van der Waals surface area contributed by atoms with Gasteiger partial charge in [-0.2, -0.15) is 0 Å². The van der Waals surface area contributed by atoms with E-state index in [-0.39, 0.29) is 17.4 Å². The van der Waals surface area contributed by atoms with Gasteiger partial charge in [0, 0.05) is 7.05 Å². The number of hydrogen-bond donors (Lipinski definition) is 1. The van der Waals surface area contributed by atoms with Gasteiger partial charge in [0.25, 0.3) is 5.56 Å². The quantitative estimate of drug-likeness (QED) is 0.827. The second-order valence-corrected chi connectivity index (χ2v) is 5.10. The van der Waals surface area contributed by atoms with Gasteiger partial charge in [-0.15, -0.1) is 0 Å². The topological polar surface area (TPSA) is 56.0 Å². The predicted molar refractivity (Wildman–Crippen MR) is 74.5 cm³/mol. The molecule has 1 aliphatic rings. The molecule has 1 atom stereocenters. The zero-order chi connectivity index (χ0) is 13.6. The minimum absolute atomic E-state index is 0.171.